The quantitative estimate of drug-likeness (QED) is 0.381. The van der Waals surface area contributed by atoms with Gasteiger partial charge in [-0.25, -0.2) is 4.79 Å². The summed E-state index contributed by atoms with van der Waals surface area (Å²) in [4.78, 5) is 50.9. The number of ketones is 1. The van der Waals surface area contributed by atoms with Gasteiger partial charge in [-0.2, -0.15) is 0 Å². The zero-order chi connectivity index (χ0) is 27.1. The van der Waals surface area contributed by atoms with Crippen molar-refractivity contribution in [1.82, 2.24) is 0 Å². The average Bonchev–Trinajstić information content (AvgIpc) is 3.37. The molecule has 198 valence electrons. The van der Waals surface area contributed by atoms with E-state index in [2.05, 4.69) is 6.92 Å². The summed E-state index contributed by atoms with van der Waals surface area (Å²) in [5.41, 5.74) is 1.40. The van der Waals surface area contributed by atoms with E-state index in [0.29, 0.717) is 5.57 Å². The van der Waals surface area contributed by atoms with Crippen LogP contribution in [0.2, 0.25) is 0 Å². The summed E-state index contributed by atoms with van der Waals surface area (Å²) in [5, 5.41) is 0. The number of Topliss-reactive ketones (excluding diaryl/α,β-unsaturated/α-hetero) is 1. The number of cyclic esters (lactones) is 1. The molecule has 0 spiro atoms. The number of ether oxygens (including phenoxy) is 3. The zero-order valence-electron chi connectivity index (χ0n) is 22.2. The Hall–Kier alpha value is -3.42. The number of fused-ring (bicyclic) bond motifs is 1. The van der Waals surface area contributed by atoms with Crippen molar-refractivity contribution >= 4 is 23.7 Å². The molecule has 0 bridgehead atoms. The molecule has 1 aromatic heterocycles. The van der Waals surface area contributed by atoms with Crippen LogP contribution in [-0.4, -0.2) is 30.8 Å². The lowest BCUT2D eigenvalue weighted by Gasteiger charge is -2.46. The summed E-state index contributed by atoms with van der Waals surface area (Å²) in [7, 11) is 1.31. The minimum Gasteiger partial charge on any atom is -0.472 e. The van der Waals surface area contributed by atoms with Crippen LogP contribution in [0.4, 0.5) is 0 Å². The maximum absolute atomic E-state index is 13.9. The molecule has 4 rings (SSSR count). The van der Waals surface area contributed by atoms with E-state index in [9.17, 15) is 19.2 Å². The van der Waals surface area contributed by atoms with Gasteiger partial charge in [0.15, 0.2) is 5.78 Å². The number of hydrogen-bond donors (Lipinski definition) is 0. The number of furan rings is 1. The number of hydrogen-bond acceptors (Lipinski definition) is 8. The van der Waals surface area contributed by atoms with E-state index in [1.54, 1.807) is 18.6 Å². The Morgan fingerprint density at radius 1 is 1.19 bits per heavy atom. The van der Waals surface area contributed by atoms with Crippen LogP contribution in [-0.2, 0) is 33.4 Å². The van der Waals surface area contributed by atoms with Crippen LogP contribution in [0, 0.1) is 22.7 Å². The van der Waals surface area contributed by atoms with Crippen LogP contribution in [0.15, 0.2) is 57.6 Å². The van der Waals surface area contributed by atoms with Crippen molar-refractivity contribution in [2.24, 2.45) is 22.7 Å². The maximum Gasteiger partial charge on any atom is 0.331 e. The molecule has 4 atom stereocenters. The fourth-order valence-corrected chi connectivity index (χ4v) is 6.23. The number of esters is 3. The third-order valence-electron chi connectivity index (χ3n) is 8.27. The van der Waals surface area contributed by atoms with E-state index in [0.717, 1.165) is 29.6 Å². The Kier molecular flexibility index (Phi) is 7.06. The first-order chi connectivity index (χ1) is 17.4. The van der Waals surface area contributed by atoms with E-state index in [4.69, 9.17) is 18.6 Å². The highest BCUT2D eigenvalue weighted by atomic mass is 16.5. The molecule has 37 heavy (non-hydrogen) atoms. The Morgan fingerprint density at radius 3 is 2.54 bits per heavy atom. The molecule has 8 nitrogen and oxygen atoms in total. The Morgan fingerprint density at radius 2 is 1.92 bits per heavy atom. The average molecular weight is 511 g/mol. The molecule has 0 saturated heterocycles. The molecule has 2 heterocycles. The fourth-order valence-electron chi connectivity index (χ4n) is 6.23. The standard InChI is InChI=1S/C29H34O8/c1-16-21(13-23(31)34-6)28(3,4)26(33)20(25(16)36-17(2)30)12-18-8-7-10-29(5)22(18)14-24(32)37-27(29)19-9-11-35-15-19/h8-9,11,14-16,21,27H,7,10,12-13H2,1-6H3. The molecule has 0 radical (unpaired) electrons. The van der Waals surface area contributed by atoms with Gasteiger partial charge in [0.05, 0.1) is 19.6 Å². The van der Waals surface area contributed by atoms with Gasteiger partial charge in [0.1, 0.15) is 11.9 Å². The molecule has 2 aliphatic carbocycles. The molecule has 3 aliphatic rings. The number of methoxy groups -OCH3 is 1. The van der Waals surface area contributed by atoms with Crippen molar-refractivity contribution in [2.75, 3.05) is 7.11 Å². The molecule has 8 heteroatoms. The van der Waals surface area contributed by atoms with Crippen molar-refractivity contribution in [3.8, 4) is 0 Å². The third-order valence-corrected chi connectivity index (χ3v) is 8.27. The summed E-state index contributed by atoms with van der Waals surface area (Å²) in [6.45, 7) is 8.85. The van der Waals surface area contributed by atoms with Gasteiger partial charge in [0, 0.05) is 53.7 Å². The van der Waals surface area contributed by atoms with Crippen molar-refractivity contribution < 1.29 is 37.8 Å². The van der Waals surface area contributed by atoms with E-state index in [1.165, 1.54) is 20.1 Å². The summed E-state index contributed by atoms with van der Waals surface area (Å²) < 4.78 is 21.5. The first-order valence-electron chi connectivity index (χ1n) is 12.6. The fraction of sp³-hybridized carbons (Fsp3) is 0.517. The first-order valence-corrected chi connectivity index (χ1v) is 12.6. The van der Waals surface area contributed by atoms with Crippen LogP contribution < -0.4 is 0 Å². The van der Waals surface area contributed by atoms with E-state index in [-0.39, 0.29) is 30.3 Å². The van der Waals surface area contributed by atoms with Gasteiger partial charge in [-0.15, -0.1) is 0 Å². The second-order valence-corrected chi connectivity index (χ2v) is 11.0. The molecular weight excluding hydrogens is 476 g/mol. The van der Waals surface area contributed by atoms with Crippen molar-refractivity contribution in [2.45, 2.75) is 66.4 Å². The summed E-state index contributed by atoms with van der Waals surface area (Å²) >= 11 is 0. The largest absolute Gasteiger partial charge is 0.472 e. The normalized spacial score (nSPS) is 29.1. The topological polar surface area (TPSA) is 109 Å². The molecule has 1 aromatic rings. The van der Waals surface area contributed by atoms with E-state index in [1.807, 2.05) is 26.8 Å². The molecule has 0 saturated carbocycles. The van der Waals surface area contributed by atoms with Gasteiger partial charge < -0.3 is 18.6 Å². The van der Waals surface area contributed by atoms with Gasteiger partial charge >= 0.3 is 17.9 Å². The number of allylic oxidation sites excluding steroid dienone is 4. The number of carbonyl (C=O) groups is 4. The van der Waals surface area contributed by atoms with Crippen LogP contribution in [0.5, 0.6) is 0 Å². The highest BCUT2D eigenvalue weighted by Gasteiger charge is 2.51. The Bertz CT molecular complexity index is 1210. The molecule has 0 N–H and O–H groups in total. The molecule has 4 unspecified atom stereocenters. The highest BCUT2D eigenvalue weighted by Crippen LogP contribution is 2.55. The van der Waals surface area contributed by atoms with Gasteiger partial charge in [0.2, 0.25) is 0 Å². The van der Waals surface area contributed by atoms with Crippen molar-refractivity contribution in [3.63, 3.8) is 0 Å². The summed E-state index contributed by atoms with van der Waals surface area (Å²) in [6, 6.07) is 1.79. The second kappa shape index (κ2) is 9.80. The summed E-state index contributed by atoms with van der Waals surface area (Å²) in [6.07, 6.45) is 7.87. The second-order valence-electron chi connectivity index (χ2n) is 11.0. The lowest BCUT2D eigenvalue weighted by molar-refractivity contribution is -0.152. The predicted octanol–water partition coefficient (Wildman–Crippen LogP) is 5.16. The Balaban J connectivity index is 1.77. The van der Waals surface area contributed by atoms with Gasteiger partial charge in [-0.05, 0) is 36.0 Å². The minimum absolute atomic E-state index is 0.0264. The number of rotatable bonds is 6. The summed E-state index contributed by atoms with van der Waals surface area (Å²) in [5.74, 6) is -2.12. The van der Waals surface area contributed by atoms with Crippen LogP contribution in [0.1, 0.15) is 72.0 Å². The SMILES string of the molecule is COC(=O)CC1C(C)C(OC(C)=O)=C(CC2=CCCC3(C)C2=CC(=O)OC3c2ccoc2)C(=O)C1(C)C. The lowest BCUT2D eigenvalue weighted by Crippen LogP contribution is -2.45. The van der Waals surface area contributed by atoms with Gasteiger partial charge in [-0.3, -0.25) is 14.4 Å². The third kappa shape index (κ3) is 4.69. The van der Waals surface area contributed by atoms with Crippen LogP contribution in [0.3, 0.4) is 0 Å². The highest BCUT2D eigenvalue weighted by molar-refractivity contribution is 6.02. The van der Waals surface area contributed by atoms with Crippen molar-refractivity contribution in [1.29, 1.82) is 0 Å². The monoisotopic (exact) mass is 510 g/mol. The molecule has 0 fully saturated rings. The predicted molar refractivity (Wildman–Crippen MR) is 133 cm³/mol. The smallest absolute Gasteiger partial charge is 0.331 e. The van der Waals surface area contributed by atoms with Crippen molar-refractivity contribution in [3.05, 3.63) is 58.8 Å². The minimum atomic E-state index is -0.898. The maximum atomic E-state index is 13.9. The Labute approximate surface area is 216 Å². The lowest BCUT2D eigenvalue weighted by atomic mass is 9.60. The van der Waals surface area contributed by atoms with Gasteiger partial charge in [0.25, 0.3) is 0 Å². The first kappa shape index (κ1) is 26.6. The van der Waals surface area contributed by atoms with Gasteiger partial charge in [-0.1, -0.05) is 33.8 Å². The zero-order valence-corrected chi connectivity index (χ0v) is 22.2. The van der Waals surface area contributed by atoms with E-state index < -0.39 is 40.8 Å². The number of carbonyl (C=O) groups excluding carboxylic acids is 4. The van der Waals surface area contributed by atoms with E-state index >= 15 is 0 Å². The van der Waals surface area contributed by atoms with Crippen LogP contribution >= 0.6 is 0 Å². The molecule has 0 amide bonds. The molecular formula is C29H34O8. The molecule has 0 aromatic carbocycles. The van der Waals surface area contributed by atoms with Crippen LogP contribution in [0.25, 0.3) is 0 Å². The molecule has 1 aliphatic heterocycles.